The maximum atomic E-state index is 12.5. The molecule has 6 heteroatoms. The van der Waals surface area contributed by atoms with Crippen molar-refractivity contribution in [2.24, 2.45) is 5.92 Å². The Morgan fingerprint density at radius 3 is 2.36 bits per heavy atom. The molecule has 0 aliphatic heterocycles. The summed E-state index contributed by atoms with van der Waals surface area (Å²) in [5.41, 5.74) is 1.00. The number of rotatable bonds is 10. The van der Waals surface area contributed by atoms with Crippen LogP contribution in [0.15, 0.2) is 18.2 Å². The van der Waals surface area contributed by atoms with Gasteiger partial charge in [-0.3, -0.25) is 9.59 Å². The Labute approximate surface area is 150 Å². The summed E-state index contributed by atoms with van der Waals surface area (Å²) in [6.45, 7) is 4.80. The van der Waals surface area contributed by atoms with Crippen molar-refractivity contribution in [2.75, 3.05) is 34.4 Å². The minimum Gasteiger partial charge on any atom is -0.493 e. The summed E-state index contributed by atoms with van der Waals surface area (Å²) in [5.74, 6) is 0.719. The molecule has 0 aliphatic rings. The van der Waals surface area contributed by atoms with Gasteiger partial charge in [0.2, 0.25) is 5.91 Å². The summed E-state index contributed by atoms with van der Waals surface area (Å²) in [7, 11) is 4.54. The first-order chi connectivity index (χ1) is 12.0. The molecule has 1 amide bonds. The highest BCUT2D eigenvalue weighted by atomic mass is 16.5. The lowest BCUT2D eigenvalue weighted by molar-refractivity contribution is -0.146. The van der Waals surface area contributed by atoms with Gasteiger partial charge < -0.3 is 19.1 Å². The molecule has 0 fully saturated rings. The summed E-state index contributed by atoms with van der Waals surface area (Å²) in [4.78, 5) is 25.9. The molecule has 140 valence electrons. The van der Waals surface area contributed by atoms with Crippen molar-refractivity contribution >= 4 is 11.9 Å². The molecule has 1 aromatic carbocycles. The second-order valence-corrected chi connectivity index (χ2v) is 5.95. The van der Waals surface area contributed by atoms with Crippen molar-refractivity contribution < 1.29 is 23.8 Å². The molecule has 0 saturated heterocycles. The van der Waals surface area contributed by atoms with Crippen LogP contribution in [-0.2, 0) is 20.7 Å². The SMILES string of the molecule is CCCN(CC(C)C(=O)OC)C(=O)CCc1ccc(OC)c(OC)c1. The van der Waals surface area contributed by atoms with E-state index in [1.165, 1.54) is 7.11 Å². The van der Waals surface area contributed by atoms with Gasteiger partial charge in [-0.25, -0.2) is 0 Å². The number of aryl methyl sites for hydroxylation is 1. The maximum Gasteiger partial charge on any atom is 0.310 e. The average Bonchev–Trinajstić information content (AvgIpc) is 2.64. The molecule has 6 nitrogen and oxygen atoms in total. The molecule has 0 heterocycles. The van der Waals surface area contributed by atoms with E-state index in [2.05, 4.69) is 0 Å². The molecule has 0 N–H and O–H groups in total. The van der Waals surface area contributed by atoms with E-state index >= 15 is 0 Å². The lowest BCUT2D eigenvalue weighted by Gasteiger charge is -2.24. The van der Waals surface area contributed by atoms with Crippen LogP contribution < -0.4 is 9.47 Å². The van der Waals surface area contributed by atoms with Gasteiger partial charge in [0, 0.05) is 19.5 Å². The summed E-state index contributed by atoms with van der Waals surface area (Å²) in [6, 6.07) is 5.64. The Morgan fingerprint density at radius 1 is 1.12 bits per heavy atom. The van der Waals surface area contributed by atoms with Crippen LogP contribution in [0.25, 0.3) is 0 Å². The minimum atomic E-state index is -0.332. The highest BCUT2D eigenvalue weighted by molar-refractivity contribution is 5.78. The van der Waals surface area contributed by atoms with E-state index in [0.717, 1.165) is 12.0 Å². The molecular weight excluding hydrogens is 322 g/mol. The summed E-state index contributed by atoms with van der Waals surface area (Å²) in [5, 5.41) is 0. The number of hydrogen-bond acceptors (Lipinski definition) is 5. The lowest BCUT2D eigenvalue weighted by atomic mass is 10.1. The standard InChI is InChI=1S/C19H29NO5/c1-6-11-20(13-14(2)19(22)25-5)18(21)10-8-15-7-9-16(23-3)17(12-15)24-4/h7,9,12,14H,6,8,10-11,13H2,1-5H3. The Bertz CT molecular complexity index is 573. The van der Waals surface area contributed by atoms with Crippen LogP contribution >= 0.6 is 0 Å². The van der Waals surface area contributed by atoms with Crippen LogP contribution in [-0.4, -0.2) is 51.2 Å². The fourth-order valence-corrected chi connectivity index (χ4v) is 2.64. The van der Waals surface area contributed by atoms with E-state index in [1.54, 1.807) is 26.0 Å². The van der Waals surface area contributed by atoms with Crippen LogP contribution in [0.1, 0.15) is 32.3 Å². The topological polar surface area (TPSA) is 65.1 Å². The third-order valence-electron chi connectivity index (χ3n) is 4.02. The molecular formula is C19H29NO5. The zero-order chi connectivity index (χ0) is 18.8. The second kappa shape index (κ2) is 10.6. The second-order valence-electron chi connectivity index (χ2n) is 5.95. The normalized spacial score (nSPS) is 11.6. The van der Waals surface area contributed by atoms with Gasteiger partial charge in [0.1, 0.15) is 0 Å². The molecule has 0 aromatic heterocycles. The average molecular weight is 351 g/mol. The van der Waals surface area contributed by atoms with Crippen molar-refractivity contribution in [3.05, 3.63) is 23.8 Å². The summed E-state index contributed by atoms with van der Waals surface area (Å²) in [6.07, 6.45) is 1.82. The Kier molecular flexibility index (Phi) is 8.81. The van der Waals surface area contributed by atoms with E-state index in [1.807, 2.05) is 25.1 Å². The van der Waals surface area contributed by atoms with Gasteiger partial charge in [-0.15, -0.1) is 0 Å². The number of carbonyl (C=O) groups excluding carboxylic acids is 2. The van der Waals surface area contributed by atoms with E-state index in [4.69, 9.17) is 14.2 Å². The van der Waals surface area contributed by atoms with Crippen molar-refractivity contribution in [1.29, 1.82) is 0 Å². The molecule has 0 aliphatic carbocycles. The Balaban J connectivity index is 2.69. The first-order valence-corrected chi connectivity index (χ1v) is 8.53. The summed E-state index contributed by atoms with van der Waals surface area (Å²) >= 11 is 0. The van der Waals surface area contributed by atoms with Gasteiger partial charge >= 0.3 is 5.97 Å². The summed E-state index contributed by atoms with van der Waals surface area (Å²) < 4.78 is 15.3. The zero-order valence-corrected chi connectivity index (χ0v) is 15.8. The molecule has 1 unspecified atom stereocenters. The predicted octanol–water partition coefficient (Wildman–Crippen LogP) is 2.68. The van der Waals surface area contributed by atoms with E-state index in [-0.39, 0.29) is 17.8 Å². The van der Waals surface area contributed by atoms with Gasteiger partial charge in [-0.2, -0.15) is 0 Å². The van der Waals surface area contributed by atoms with Crippen molar-refractivity contribution in [1.82, 2.24) is 4.90 Å². The first-order valence-electron chi connectivity index (χ1n) is 8.53. The first kappa shape index (κ1) is 20.8. The fourth-order valence-electron chi connectivity index (χ4n) is 2.64. The van der Waals surface area contributed by atoms with Crippen LogP contribution in [0.3, 0.4) is 0 Å². The Morgan fingerprint density at radius 2 is 1.80 bits per heavy atom. The molecule has 0 bridgehead atoms. The molecule has 1 aromatic rings. The van der Waals surface area contributed by atoms with Gasteiger partial charge in [-0.05, 0) is 30.5 Å². The number of carbonyl (C=O) groups is 2. The number of nitrogens with zero attached hydrogens (tertiary/aromatic N) is 1. The van der Waals surface area contributed by atoms with Gasteiger partial charge in [0.25, 0.3) is 0 Å². The largest absolute Gasteiger partial charge is 0.493 e. The minimum absolute atomic E-state index is 0.0346. The molecule has 0 spiro atoms. The third kappa shape index (κ3) is 6.29. The number of esters is 1. The smallest absolute Gasteiger partial charge is 0.310 e. The van der Waals surface area contributed by atoms with Crippen LogP contribution in [0.5, 0.6) is 11.5 Å². The predicted molar refractivity (Wildman–Crippen MR) is 95.9 cm³/mol. The number of methoxy groups -OCH3 is 3. The van der Waals surface area contributed by atoms with E-state index in [9.17, 15) is 9.59 Å². The van der Waals surface area contributed by atoms with Gasteiger partial charge in [0.15, 0.2) is 11.5 Å². The fraction of sp³-hybridized carbons (Fsp3) is 0.579. The third-order valence-corrected chi connectivity index (χ3v) is 4.02. The van der Waals surface area contributed by atoms with Crippen molar-refractivity contribution in [2.45, 2.75) is 33.1 Å². The van der Waals surface area contributed by atoms with E-state index in [0.29, 0.717) is 37.4 Å². The van der Waals surface area contributed by atoms with Crippen molar-refractivity contribution in [3.63, 3.8) is 0 Å². The number of benzene rings is 1. The van der Waals surface area contributed by atoms with E-state index < -0.39 is 0 Å². The van der Waals surface area contributed by atoms with Crippen molar-refractivity contribution in [3.8, 4) is 11.5 Å². The van der Waals surface area contributed by atoms with Crippen LogP contribution in [0.4, 0.5) is 0 Å². The van der Waals surface area contributed by atoms with Gasteiger partial charge in [-0.1, -0.05) is 19.9 Å². The number of hydrogen-bond donors (Lipinski definition) is 0. The maximum absolute atomic E-state index is 12.5. The Hall–Kier alpha value is -2.24. The van der Waals surface area contributed by atoms with Crippen LogP contribution in [0, 0.1) is 5.92 Å². The zero-order valence-electron chi connectivity index (χ0n) is 15.8. The highest BCUT2D eigenvalue weighted by Crippen LogP contribution is 2.28. The lowest BCUT2D eigenvalue weighted by Crippen LogP contribution is -2.37. The quantitative estimate of drug-likeness (QED) is 0.607. The van der Waals surface area contributed by atoms with Gasteiger partial charge in [0.05, 0.1) is 27.2 Å². The molecule has 0 radical (unpaired) electrons. The number of ether oxygens (including phenoxy) is 3. The highest BCUT2D eigenvalue weighted by Gasteiger charge is 2.21. The molecule has 1 rings (SSSR count). The molecule has 25 heavy (non-hydrogen) atoms. The monoisotopic (exact) mass is 351 g/mol. The molecule has 0 saturated carbocycles. The molecule has 1 atom stereocenters. The van der Waals surface area contributed by atoms with Crippen LogP contribution in [0.2, 0.25) is 0 Å². The number of amides is 1.